The molecule has 0 saturated carbocycles. The van der Waals surface area contributed by atoms with Crippen LogP contribution in [-0.2, 0) is 0 Å². The topological polar surface area (TPSA) is 41.3 Å². The van der Waals surface area contributed by atoms with Crippen molar-refractivity contribution in [2.24, 2.45) is 0 Å². The molecule has 4 aliphatic rings. The van der Waals surface area contributed by atoms with Crippen molar-refractivity contribution in [2.45, 2.75) is 0 Å². The van der Waals surface area contributed by atoms with Gasteiger partial charge >= 0.3 is 0 Å². The zero-order chi connectivity index (χ0) is 65.5. The van der Waals surface area contributed by atoms with Crippen molar-refractivity contribution in [3.8, 4) is 34.4 Å². The lowest BCUT2D eigenvalue weighted by Crippen LogP contribution is -2.58. The molecule has 0 N–H and O–H groups in total. The lowest BCUT2D eigenvalue weighted by molar-refractivity contribution is 0.487. The molecule has 4 aliphatic heterocycles. The average molecular weight is 1280 g/mol. The zero-order valence-corrected chi connectivity index (χ0v) is 54.1. The van der Waals surface area contributed by atoms with Gasteiger partial charge in [0, 0.05) is 125 Å². The lowest BCUT2D eigenvalue weighted by atomic mass is 9.34. The van der Waals surface area contributed by atoms with Crippen molar-refractivity contribution >= 4 is 158 Å². The van der Waals surface area contributed by atoms with Crippen LogP contribution in [0.2, 0.25) is 0 Å². The lowest BCUT2D eigenvalue weighted by Gasteiger charge is -2.36. The summed E-state index contributed by atoms with van der Waals surface area (Å²) in [7, 11) is 0. The summed E-state index contributed by atoms with van der Waals surface area (Å²) in [6, 6.07) is 127. The van der Waals surface area contributed by atoms with Gasteiger partial charge in [0.2, 0.25) is 0 Å². The number of benzene rings is 15. The zero-order valence-electron chi connectivity index (χ0n) is 54.1. The van der Waals surface area contributed by atoms with E-state index in [2.05, 4.69) is 381 Å². The molecule has 0 bridgehead atoms. The Morgan fingerprint density at radius 2 is 0.500 bits per heavy atom. The molecule has 0 radical (unpaired) electrons. The summed E-state index contributed by atoms with van der Waals surface area (Å²) < 4.78 is 20.3. The Balaban J connectivity index is 0.828. The molecule has 17 aromatic rings. The molecule has 0 atom stereocenters. The van der Waals surface area contributed by atoms with Crippen LogP contribution in [0.3, 0.4) is 0 Å². The Morgan fingerprint density at radius 1 is 0.220 bits per heavy atom. The van der Waals surface area contributed by atoms with Crippen LogP contribution in [0.25, 0.3) is 55.0 Å². The normalized spacial score (nSPS) is 12.5. The fourth-order valence-corrected chi connectivity index (χ4v) is 16.9. The third-order valence-corrected chi connectivity index (χ3v) is 20.9. The summed E-state index contributed by atoms with van der Waals surface area (Å²) >= 11 is 0. The smallest absolute Gasteiger partial charge is 0.256 e. The number of hydrogen-bond acceptors (Lipinski definition) is 6. The van der Waals surface area contributed by atoms with Crippen molar-refractivity contribution in [3.05, 3.63) is 352 Å². The van der Waals surface area contributed by atoms with Crippen molar-refractivity contribution in [1.82, 2.24) is 9.13 Å². The monoisotopic (exact) mass is 1280 g/mol. The Morgan fingerprint density at radius 3 is 0.800 bits per heavy atom. The van der Waals surface area contributed by atoms with Crippen LogP contribution in [0.4, 0.5) is 68.2 Å². The van der Waals surface area contributed by atoms with Crippen LogP contribution in [0.5, 0.6) is 23.0 Å². The highest BCUT2D eigenvalue weighted by Crippen LogP contribution is 2.50. The second kappa shape index (κ2) is 22.2. The Bertz CT molecular complexity index is 5590. The highest BCUT2D eigenvalue weighted by atomic mass is 16.5. The van der Waals surface area contributed by atoms with Gasteiger partial charge in [-0.05, 0) is 166 Å². The summed E-state index contributed by atoms with van der Waals surface area (Å²) in [5.74, 6) is 3.30. The molecule has 21 rings (SSSR count). The molecule has 0 saturated heterocycles. The first-order chi connectivity index (χ1) is 49.6. The van der Waals surface area contributed by atoms with E-state index in [1.54, 1.807) is 0 Å². The Kier molecular flexibility index (Phi) is 12.4. The predicted octanol–water partition coefficient (Wildman–Crippen LogP) is 19.6. The van der Waals surface area contributed by atoms with Gasteiger partial charge in [0.15, 0.2) is 0 Å². The fourth-order valence-electron chi connectivity index (χ4n) is 16.9. The minimum Gasteiger partial charge on any atom is -0.458 e. The first-order valence-electron chi connectivity index (χ1n) is 34.3. The second-order valence-electron chi connectivity index (χ2n) is 26.3. The fraction of sp³-hybridized carbons (Fsp3) is 0. The summed E-state index contributed by atoms with van der Waals surface area (Å²) in [5.41, 5.74) is 26.3. The van der Waals surface area contributed by atoms with E-state index in [9.17, 15) is 0 Å². The number of ether oxygens (including phenoxy) is 2. The van der Waals surface area contributed by atoms with Gasteiger partial charge in [-0.15, -0.1) is 0 Å². The molecule has 0 spiro atoms. The van der Waals surface area contributed by atoms with E-state index in [0.29, 0.717) is 0 Å². The van der Waals surface area contributed by atoms with E-state index >= 15 is 0 Å². The van der Waals surface area contributed by atoms with E-state index in [1.165, 1.54) is 43.5 Å². The molecular formula is C90H58B2N6O2. The van der Waals surface area contributed by atoms with E-state index < -0.39 is 0 Å². The molecule has 6 heterocycles. The molecule has 0 aliphatic carbocycles. The molecule has 8 nitrogen and oxygen atoms in total. The number of rotatable bonds is 12. The van der Waals surface area contributed by atoms with Crippen LogP contribution in [0, 0.1) is 0 Å². The van der Waals surface area contributed by atoms with Gasteiger partial charge in [0.05, 0.1) is 22.4 Å². The number of anilines is 12. The van der Waals surface area contributed by atoms with Crippen LogP contribution >= 0.6 is 0 Å². The maximum Gasteiger partial charge on any atom is 0.256 e. The molecule has 2 aromatic heterocycles. The van der Waals surface area contributed by atoms with Crippen molar-refractivity contribution in [3.63, 3.8) is 0 Å². The van der Waals surface area contributed by atoms with E-state index in [1.807, 2.05) is 0 Å². The van der Waals surface area contributed by atoms with Gasteiger partial charge in [-0.2, -0.15) is 0 Å². The third-order valence-electron chi connectivity index (χ3n) is 20.9. The third kappa shape index (κ3) is 8.44. The molecule has 0 unspecified atom stereocenters. The van der Waals surface area contributed by atoms with Gasteiger partial charge in [-0.25, -0.2) is 0 Å². The standard InChI is InChI=1S/C90H58B2N6O2/c1-9-27-59(28-10-1)93(60-29-11-2-12-30-60)67-47-49-73-81(55-67)99-83-57-69(95(63-35-17-5-18-36-63)64-37-19-6-20-38-64)53-79-87(83)91(73)75-45-25-43-71-85-77(97(79)89(71)75)51-52-78-86(85)72-44-26-46-76-90(72)98(78)80-54-70(96(65-39-21-7-22-40-65)66-41-23-8-24-42-66)58-84-88(80)92(76)74-50-48-68(56-82(74)100-84)94(61-31-13-3-14-32-61)62-33-15-4-16-34-62/h1-58H. The predicted molar refractivity (Wildman–Crippen MR) is 416 cm³/mol. The van der Waals surface area contributed by atoms with E-state index in [4.69, 9.17) is 9.47 Å². The van der Waals surface area contributed by atoms with Gasteiger partial charge < -0.3 is 38.2 Å². The molecular weight excluding hydrogens is 1220 g/mol. The highest BCUT2D eigenvalue weighted by Gasteiger charge is 2.45. The summed E-state index contributed by atoms with van der Waals surface area (Å²) in [5, 5.41) is 4.81. The first-order valence-corrected chi connectivity index (χ1v) is 34.3. The summed E-state index contributed by atoms with van der Waals surface area (Å²) in [6.45, 7) is -0.328. The number of nitrogens with zero attached hydrogens (tertiary/aromatic N) is 6. The van der Waals surface area contributed by atoms with Crippen LogP contribution < -0.4 is 61.9 Å². The number of hydrogen-bond donors (Lipinski definition) is 0. The molecule has 0 fully saturated rings. The van der Waals surface area contributed by atoms with E-state index in [0.717, 1.165) is 136 Å². The minimum atomic E-state index is -0.164. The highest BCUT2D eigenvalue weighted by molar-refractivity contribution is 7.00. The maximum absolute atomic E-state index is 7.56. The largest absolute Gasteiger partial charge is 0.458 e. The quantitative estimate of drug-likeness (QED) is 0.114. The van der Waals surface area contributed by atoms with Gasteiger partial charge in [-0.1, -0.05) is 194 Å². The van der Waals surface area contributed by atoms with E-state index in [-0.39, 0.29) is 13.4 Å². The first kappa shape index (κ1) is 56.0. The van der Waals surface area contributed by atoms with Crippen molar-refractivity contribution in [1.29, 1.82) is 0 Å². The molecule has 15 aromatic carbocycles. The summed E-state index contributed by atoms with van der Waals surface area (Å²) in [4.78, 5) is 9.37. The van der Waals surface area contributed by atoms with Crippen LogP contribution in [0.1, 0.15) is 0 Å². The van der Waals surface area contributed by atoms with Crippen LogP contribution in [0.15, 0.2) is 352 Å². The molecule has 466 valence electrons. The summed E-state index contributed by atoms with van der Waals surface area (Å²) in [6.07, 6.45) is 0. The second-order valence-corrected chi connectivity index (χ2v) is 26.3. The minimum absolute atomic E-state index is 0.164. The van der Waals surface area contributed by atoms with Crippen molar-refractivity contribution in [2.75, 3.05) is 19.6 Å². The SMILES string of the molecule is c1ccc(N(c2ccccc2)c2ccc3c(c2)Oc2cc(N(c4ccccc4)c4ccccc4)cc4c2B3c2cccc3c5c6c7cccc8c7n(c6ccc5n-4c23)-c2cc(N(c3ccccc3)c3ccccc3)cc3c2B8c2ccc(N(c4ccccc4)c4ccccc4)cc2O3)cc1. The number of para-hydroxylation sites is 10. The number of fused-ring (bicyclic) bond motifs is 15. The van der Waals surface area contributed by atoms with Crippen molar-refractivity contribution < 1.29 is 9.47 Å². The molecule has 0 amide bonds. The molecule has 100 heavy (non-hydrogen) atoms. The maximum atomic E-state index is 7.56. The number of aromatic nitrogens is 2. The Labute approximate surface area is 579 Å². The van der Waals surface area contributed by atoms with Gasteiger partial charge in [-0.3, -0.25) is 0 Å². The van der Waals surface area contributed by atoms with Gasteiger partial charge in [0.1, 0.15) is 23.0 Å². The average Bonchev–Trinajstić information content (AvgIpc) is 1.48. The molecule has 10 heteroatoms. The van der Waals surface area contributed by atoms with Crippen LogP contribution in [-0.4, -0.2) is 22.6 Å². The Hall–Kier alpha value is -13.2. The van der Waals surface area contributed by atoms with Gasteiger partial charge in [0.25, 0.3) is 13.4 Å².